The fraction of sp³-hybridized carbons (Fsp3) is 0.400. The van der Waals surface area contributed by atoms with E-state index in [0.29, 0.717) is 5.78 Å². The smallest absolute Gasteiger partial charge is 0.162 e. The van der Waals surface area contributed by atoms with Crippen LogP contribution in [0.5, 0.6) is 0 Å². The Morgan fingerprint density at radius 1 is 1.12 bits per heavy atom. The molecule has 0 unspecified atom stereocenters. The molecule has 0 saturated heterocycles. The highest BCUT2D eigenvalue weighted by atomic mass is 16.1. The number of ketones is 1. The summed E-state index contributed by atoms with van der Waals surface area (Å²) in [6.45, 7) is 4.40. The molecule has 1 aromatic carbocycles. The lowest BCUT2D eigenvalue weighted by Gasteiger charge is -2.16. The molecule has 1 spiro atoms. The Bertz CT molecular complexity index is 496. The molecule has 1 heteroatoms. The summed E-state index contributed by atoms with van der Waals surface area (Å²) in [7, 11) is 0. The molecule has 1 fully saturated rings. The summed E-state index contributed by atoms with van der Waals surface area (Å²) in [6, 6.07) is 8.33. The SMILES string of the molecule is CC1(C)C[C@@]12Cc1ccccc1C=CC2=O. The lowest BCUT2D eigenvalue weighted by molar-refractivity contribution is -0.120. The van der Waals surface area contributed by atoms with Gasteiger partial charge in [-0.25, -0.2) is 0 Å². The number of carbonyl (C=O) groups excluding carboxylic acids is 1. The van der Waals surface area contributed by atoms with Crippen LogP contribution in [0.15, 0.2) is 30.3 Å². The zero-order valence-electron chi connectivity index (χ0n) is 9.79. The highest BCUT2D eigenvalue weighted by Crippen LogP contribution is 2.66. The van der Waals surface area contributed by atoms with Crippen LogP contribution in [-0.2, 0) is 11.2 Å². The fourth-order valence-electron chi connectivity index (χ4n) is 3.03. The average Bonchev–Trinajstić information content (AvgIpc) is 2.83. The van der Waals surface area contributed by atoms with Gasteiger partial charge in [-0.1, -0.05) is 44.2 Å². The number of hydrogen-bond acceptors (Lipinski definition) is 1. The molecule has 0 heterocycles. The van der Waals surface area contributed by atoms with Crippen molar-refractivity contribution in [2.45, 2.75) is 26.7 Å². The van der Waals surface area contributed by atoms with E-state index in [0.717, 1.165) is 12.8 Å². The van der Waals surface area contributed by atoms with Gasteiger partial charge in [-0.3, -0.25) is 4.79 Å². The summed E-state index contributed by atoms with van der Waals surface area (Å²) in [4.78, 5) is 12.2. The number of rotatable bonds is 0. The van der Waals surface area contributed by atoms with Crippen LogP contribution in [0.25, 0.3) is 6.08 Å². The van der Waals surface area contributed by atoms with Crippen molar-refractivity contribution < 1.29 is 4.79 Å². The van der Waals surface area contributed by atoms with Crippen LogP contribution in [-0.4, -0.2) is 5.78 Å². The second-order valence-electron chi connectivity index (χ2n) is 5.72. The molecule has 1 saturated carbocycles. The second kappa shape index (κ2) is 2.85. The Morgan fingerprint density at radius 2 is 1.81 bits per heavy atom. The first-order valence-corrected chi connectivity index (χ1v) is 5.86. The molecule has 0 bridgehead atoms. The summed E-state index contributed by atoms with van der Waals surface area (Å²) >= 11 is 0. The quantitative estimate of drug-likeness (QED) is 0.645. The van der Waals surface area contributed by atoms with Gasteiger partial charge in [0.05, 0.1) is 0 Å². The Balaban J connectivity index is 2.10. The lowest BCUT2D eigenvalue weighted by atomic mass is 9.85. The monoisotopic (exact) mass is 212 g/mol. The third kappa shape index (κ3) is 1.14. The second-order valence-corrected chi connectivity index (χ2v) is 5.72. The van der Waals surface area contributed by atoms with E-state index in [1.54, 1.807) is 6.08 Å². The van der Waals surface area contributed by atoms with Crippen molar-refractivity contribution in [1.29, 1.82) is 0 Å². The molecular weight excluding hydrogens is 196 g/mol. The molecule has 0 N–H and O–H groups in total. The zero-order chi connectivity index (χ0) is 11.4. The molecule has 16 heavy (non-hydrogen) atoms. The van der Waals surface area contributed by atoms with Crippen molar-refractivity contribution in [3.63, 3.8) is 0 Å². The number of fused-ring (bicyclic) bond motifs is 1. The van der Waals surface area contributed by atoms with Crippen LogP contribution in [0.2, 0.25) is 0 Å². The van der Waals surface area contributed by atoms with Crippen LogP contribution in [0.3, 0.4) is 0 Å². The number of carbonyl (C=O) groups is 1. The van der Waals surface area contributed by atoms with Gasteiger partial charge in [-0.2, -0.15) is 0 Å². The van der Waals surface area contributed by atoms with Crippen molar-refractivity contribution in [3.8, 4) is 0 Å². The Hall–Kier alpha value is -1.37. The van der Waals surface area contributed by atoms with Crippen LogP contribution >= 0.6 is 0 Å². The zero-order valence-corrected chi connectivity index (χ0v) is 9.79. The van der Waals surface area contributed by atoms with Gasteiger partial charge in [0.15, 0.2) is 5.78 Å². The Labute approximate surface area is 96.2 Å². The molecule has 82 valence electrons. The van der Waals surface area contributed by atoms with Gasteiger partial charge in [-0.15, -0.1) is 0 Å². The minimum atomic E-state index is -0.115. The van der Waals surface area contributed by atoms with E-state index in [2.05, 4.69) is 32.0 Å². The summed E-state index contributed by atoms with van der Waals surface area (Å²) in [5, 5.41) is 0. The van der Waals surface area contributed by atoms with E-state index >= 15 is 0 Å². The van der Waals surface area contributed by atoms with Gasteiger partial charge in [0.25, 0.3) is 0 Å². The van der Waals surface area contributed by atoms with Crippen LogP contribution in [0.4, 0.5) is 0 Å². The molecule has 0 amide bonds. The minimum Gasteiger partial charge on any atom is -0.294 e. The van der Waals surface area contributed by atoms with Gasteiger partial charge in [0.1, 0.15) is 0 Å². The van der Waals surface area contributed by atoms with Crippen molar-refractivity contribution in [1.82, 2.24) is 0 Å². The highest BCUT2D eigenvalue weighted by Gasteiger charge is 2.64. The molecular formula is C15H16O. The third-order valence-corrected chi connectivity index (χ3v) is 4.35. The largest absolute Gasteiger partial charge is 0.294 e. The van der Waals surface area contributed by atoms with Gasteiger partial charge < -0.3 is 0 Å². The first-order valence-electron chi connectivity index (χ1n) is 5.86. The van der Waals surface area contributed by atoms with Gasteiger partial charge in [0.2, 0.25) is 0 Å². The number of hydrogen-bond donors (Lipinski definition) is 0. The number of benzene rings is 1. The first kappa shape index (κ1) is 9.83. The minimum absolute atomic E-state index is 0.115. The molecule has 2 aliphatic rings. The standard InChI is InChI=1S/C15H16O/c1-14(2)10-15(14)9-12-6-4-3-5-11(12)7-8-13(15)16/h3-8H,9-10H2,1-2H3/t15-/m1/s1. The van der Waals surface area contributed by atoms with E-state index in [-0.39, 0.29) is 10.8 Å². The molecule has 0 aliphatic heterocycles. The van der Waals surface area contributed by atoms with E-state index in [1.165, 1.54) is 11.1 Å². The summed E-state index contributed by atoms with van der Waals surface area (Å²) in [5.41, 5.74) is 2.58. The first-order chi connectivity index (χ1) is 7.55. The molecule has 0 radical (unpaired) electrons. The molecule has 1 aromatic rings. The van der Waals surface area contributed by atoms with Gasteiger partial charge >= 0.3 is 0 Å². The number of allylic oxidation sites excluding steroid dienone is 1. The Kier molecular flexibility index (Phi) is 1.75. The molecule has 3 rings (SSSR count). The maximum absolute atomic E-state index is 12.2. The summed E-state index contributed by atoms with van der Waals surface area (Å²) < 4.78 is 0. The van der Waals surface area contributed by atoms with Crippen molar-refractivity contribution in [2.24, 2.45) is 10.8 Å². The highest BCUT2D eigenvalue weighted by molar-refractivity contribution is 6.02. The lowest BCUT2D eigenvalue weighted by Crippen LogP contribution is -2.21. The average molecular weight is 212 g/mol. The summed E-state index contributed by atoms with van der Waals surface area (Å²) in [6.07, 6.45) is 5.68. The normalized spacial score (nSPS) is 30.0. The predicted octanol–water partition coefficient (Wildman–Crippen LogP) is 3.24. The predicted molar refractivity (Wildman–Crippen MR) is 65.0 cm³/mol. The molecule has 0 aromatic heterocycles. The maximum Gasteiger partial charge on any atom is 0.162 e. The van der Waals surface area contributed by atoms with Gasteiger partial charge in [0, 0.05) is 5.41 Å². The Morgan fingerprint density at radius 3 is 2.50 bits per heavy atom. The van der Waals surface area contributed by atoms with E-state index in [4.69, 9.17) is 0 Å². The van der Waals surface area contributed by atoms with Crippen molar-refractivity contribution >= 4 is 11.9 Å². The van der Waals surface area contributed by atoms with Crippen LogP contribution in [0, 0.1) is 10.8 Å². The summed E-state index contributed by atoms with van der Waals surface area (Å²) in [5.74, 6) is 0.314. The fourth-order valence-corrected chi connectivity index (χ4v) is 3.03. The maximum atomic E-state index is 12.2. The van der Waals surface area contributed by atoms with Crippen LogP contribution < -0.4 is 0 Å². The molecule has 2 aliphatic carbocycles. The molecule has 1 nitrogen and oxygen atoms in total. The van der Waals surface area contributed by atoms with Crippen molar-refractivity contribution in [3.05, 3.63) is 41.5 Å². The van der Waals surface area contributed by atoms with Gasteiger partial charge in [-0.05, 0) is 35.5 Å². The molecule has 1 atom stereocenters. The van der Waals surface area contributed by atoms with E-state index in [1.807, 2.05) is 12.1 Å². The van der Waals surface area contributed by atoms with E-state index in [9.17, 15) is 4.79 Å². The van der Waals surface area contributed by atoms with E-state index < -0.39 is 0 Å². The van der Waals surface area contributed by atoms with Crippen LogP contribution in [0.1, 0.15) is 31.4 Å². The van der Waals surface area contributed by atoms with Crippen molar-refractivity contribution in [2.75, 3.05) is 0 Å². The topological polar surface area (TPSA) is 17.1 Å². The third-order valence-electron chi connectivity index (χ3n) is 4.35.